The molecule has 0 spiro atoms. The molecule has 1 aromatic heterocycles. The molecule has 102 valence electrons. The van der Waals surface area contributed by atoms with Crippen molar-refractivity contribution < 1.29 is 18.3 Å². The fraction of sp³-hybridized carbons (Fsp3) is 0.308. The minimum absolute atomic E-state index is 0.312. The summed E-state index contributed by atoms with van der Waals surface area (Å²) in [5, 5.41) is 14.2. The smallest absolute Gasteiger partial charge is 0.194 e. The summed E-state index contributed by atoms with van der Waals surface area (Å²) in [5.41, 5.74) is 0.678. The van der Waals surface area contributed by atoms with Crippen molar-refractivity contribution in [1.82, 2.24) is 9.78 Å². The predicted octanol–water partition coefficient (Wildman–Crippen LogP) is 2.71. The number of nitrogens with zero attached hydrogens (tertiary/aromatic N) is 2. The predicted molar refractivity (Wildman–Crippen MR) is 63.0 cm³/mol. The molecule has 1 aromatic carbocycles. The van der Waals surface area contributed by atoms with Crippen molar-refractivity contribution in [1.29, 1.82) is 0 Å². The maximum Gasteiger partial charge on any atom is 0.194 e. The van der Waals surface area contributed by atoms with Crippen molar-refractivity contribution in [3.8, 4) is 0 Å². The van der Waals surface area contributed by atoms with Crippen LogP contribution >= 0.6 is 0 Å². The van der Waals surface area contributed by atoms with Crippen LogP contribution < -0.4 is 0 Å². The summed E-state index contributed by atoms with van der Waals surface area (Å²) in [6.45, 7) is 4.01. The van der Waals surface area contributed by atoms with E-state index in [0.717, 1.165) is 12.1 Å². The van der Waals surface area contributed by atoms with E-state index in [9.17, 15) is 18.3 Å². The van der Waals surface area contributed by atoms with Gasteiger partial charge < -0.3 is 5.11 Å². The number of rotatable bonds is 3. The molecule has 0 bridgehead atoms. The fourth-order valence-electron chi connectivity index (χ4n) is 1.95. The van der Waals surface area contributed by atoms with Gasteiger partial charge in [0.2, 0.25) is 0 Å². The second-order valence-corrected chi connectivity index (χ2v) is 4.19. The van der Waals surface area contributed by atoms with E-state index >= 15 is 0 Å². The van der Waals surface area contributed by atoms with Crippen LogP contribution in [0.2, 0.25) is 0 Å². The van der Waals surface area contributed by atoms with Crippen LogP contribution in [0.4, 0.5) is 13.2 Å². The van der Waals surface area contributed by atoms with E-state index in [2.05, 4.69) is 5.10 Å². The molecule has 0 fully saturated rings. The van der Waals surface area contributed by atoms with E-state index in [-0.39, 0.29) is 5.56 Å². The van der Waals surface area contributed by atoms with Crippen LogP contribution in [-0.4, -0.2) is 14.9 Å². The molecule has 19 heavy (non-hydrogen) atoms. The molecule has 1 atom stereocenters. The second-order valence-electron chi connectivity index (χ2n) is 4.19. The van der Waals surface area contributed by atoms with E-state index in [1.54, 1.807) is 13.0 Å². The molecule has 0 aliphatic rings. The van der Waals surface area contributed by atoms with Gasteiger partial charge in [-0.25, -0.2) is 13.2 Å². The molecular formula is C13H13F3N2O. The lowest BCUT2D eigenvalue weighted by Gasteiger charge is -2.14. The van der Waals surface area contributed by atoms with Gasteiger partial charge in [-0.05, 0) is 32.0 Å². The molecule has 0 saturated carbocycles. The van der Waals surface area contributed by atoms with Gasteiger partial charge in [0.1, 0.15) is 6.10 Å². The number of hydrogen-bond donors (Lipinski definition) is 1. The first kappa shape index (κ1) is 13.6. The Hall–Kier alpha value is -1.82. The first-order valence-electron chi connectivity index (χ1n) is 5.81. The fourth-order valence-corrected chi connectivity index (χ4v) is 1.95. The zero-order chi connectivity index (χ0) is 14.2. The van der Waals surface area contributed by atoms with Gasteiger partial charge in [0, 0.05) is 12.1 Å². The number of aliphatic hydroxyl groups is 1. The molecule has 3 nitrogen and oxygen atoms in total. The SMILES string of the molecule is CCn1nc(C)cc1C(O)c1ccc(F)c(F)c1F. The Kier molecular flexibility index (Phi) is 3.61. The quantitative estimate of drug-likeness (QED) is 0.871. The van der Waals surface area contributed by atoms with E-state index in [0.29, 0.717) is 17.9 Å². The molecule has 0 aliphatic carbocycles. The average Bonchev–Trinajstić information content (AvgIpc) is 2.77. The molecule has 0 radical (unpaired) electrons. The lowest BCUT2D eigenvalue weighted by atomic mass is 10.0. The van der Waals surface area contributed by atoms with E-state index in [1.165, 1.54) is 4.68 Å². The third-order valence-corrected chi connectivity index (χ3v) is 2.87. The highest BCUT2D eigenvalue weighted by Gasteiger charge is 2.23. The Morgan fingerprint density at radius 2 is 1.95 bits per heavy atom. The maximum atomic E-state index is 13.6. The molecule has 2 aromatic rings. The lowest BCUT2D eigenvalue weighted by Crippen LogP contribution is -2.11. The molecule has 0 amide bonds. The summed E-state index contributed by atoms with van der Waals surface area (Å²) in [6, 6.07) is 3.39. The van der Waals surface area contributed by atoms with E-state index in [4.69, 9.17) is 0 Å². The van der Waals surface area contributed by atoms with Crippen molar-refractivity contribution in [3.05, 3.63) is 52.6 Å². The summed E-state index contributed by atoms with van der Waals surface area (Å²) in [6.07, 6.45) is -1.39. The van der Waals surface area contributed by atoms with Gasteiger partial charge in [0.15, 0.2) is 17.5 Å². The number of halogens is 3. The Morgan fingerprint density at radius 1 is 1.26 bits per heavy atom. The molecule has 2 rings (SSSR count). The summed E-state index contributed by atoms with van der Waals surface area (Å²) in [7, 11) is 0. The minimum Gasteiger partial charge on any atom is -0.382 e. The van der Waals surface area contributed by atoms with Gasteiger partial charge >= 0.3 is 0 Å². The highest BCUT2D eigenvalue weighted by atomic mass is 19.2. The van der Waals surface area contributed by atoms with Crippen LogP contribution in [0.5, 0.6) is 0 Å². The maximum absolute atomic E-state index is 13.6. The number of aliphatic hydroxyl groups excluding tert-OH is 1. The summed E-state index contributed by atoms with van der Waals surface area (Å²) in [4.78, 5) is 0. The molecule has 0 aliphatic heterocycles. The van der Waals surface area contributed by atoms with Gasteiger partial charge in [-0.3, -0.25) is 4.68 Å². The first-order chi connectivity index (χ1) is 8.95. The molecule has 1 unspecified atom stereocenters. The van der Waals surface area contributed by atoms with Gasteiger partial charge in [-0.1, -0.05) is 0 Å². The Balaban J connectivity index is 2.49. The van der Waals surface area contributed by atoms with Crippen molar-refractivity contribution in [2.24, 2.45) is 0 Å². The van der Waals surface area contributed by atoms with Crippen LogP contribution in [0.25, 0.3) is 0 Å². The summed E-state index contributed by atoms with van der Waals surface area (Å²) >= 11 is 0. The highest BCUT2D eigenvalue weighted by molar-refractivity contribution is 5.29. The third kappa shape index (κ3) is 2.35. The monoisotopic (exact) mass is 270 g/mol. The third-order valence-electron chi connectivity index (χ3n) is 2.87. The molecule has 1 heterocycles. The topological polar surface area (TPSA) is 38.0 Å². The molecule has 0 saturated heterocycles. The Bertz CT molecular complexity index is 610. The number of benzene rings is 1. The van der Waals surface area contributed by atoms with Gasteiger partial charge in [0.05, 0.1) is 11.4 Å². The van der Waals surface area contributed by atoms with Crippen LogP contribution in [0.15, 0.2) is 18.2 Å². The normalized spacial score (nSPS) is 12.7. The van der Waals surface area contributed by atoms with E-state index in [1.807, 2.05) is 6.92 Å². The largest absolute Gasteiger partial charge is 0.382 e. The highest BCUT2D eigenvalue weighted by Crippen LogP contribution is 2.27. The first-order valence-corrected chi connectivity index (χ1v) is 5.81. The van der Waals surface area contributed by atoms with Gasteiger partial charge in [-0.2, -0.15) is 5.10 Å². The Morgan fingerprint density at radius 3 is 2.58 bits per heavy atom. The van der Waals surface area contributed by atoms with Crippen LogP contribution in [-0.2, 0) is 6.54 Å². The lowest BCUT2D eigenvalue weighted by molar-refractivity contribution is 0.201. The minimum atomic E-state index is -1.59. The number of aromatic nitrogens is 2. The van der Waals surface area contributed by atoms with Crippen LogP contribution in [0.3, 0.4) is 0 Å². The van der Waals surface area contributed by atoms with Gasteiger partial charge in [-0.15, -0.1) is 0 Å². The molecule has 6 heteroatoms. The Labute approximate surface area is 108 Å². The number of hydrogen-bond acceptors (Lipinski definition) is 2. The number of aryl methyl sites for hydroxylation is 2. The zero-order valence-corrected chi connectivity index (χ0v) is 10.5. The van der Waals surface area contributed by atoms with E-state index < -0.39 is 23.6 Å². The van der Waals surface area contributed by atoms with Crippen LogP contribution in [0, 0.1) is 24.4 Å². The van der Waals surface area contributed by atoms with Crippen molar-refractivity contribution in [2.75, 3.05) is 0 Å². The summed E-state index contributed by atoms with van der Waals surface area (Å²) < 4.78 is 41.2. The zero-order valence-electron chi connectivity index (χ0n) is 10.5. The summed E-state index contributed by atoms with van der Waals surface area (Å²) in [5.74, 6) is -4.25. The molecule has 1 N–H and O–H groups in total. The van der Waals surface area contributed by atoms with Crippen molar-refractivity contribution in [3.63, 3.8) is 0 Å². The average molecular weight is 270 g/mol. The van der Waals surface area contributed by atoms with Gasteiger partial charge in [0.25, 0.3) is 0 Å². The standard InChI is InChI=1S/C13H13F3N2O/c1-3-18-10(6-7(2)17-18)13(19)8-4-5-9(14)12(16)11(8)15/h4-6,13,19H,3H2,1-2H3. The van der Waals surface area contributed by atoms with Crippen LogP contribution in [0.1, 0.15) is 30.0 Å². The second kappa shape index (κ2) is 5.05. The van der Waals surface area contributed by atoms with Crippen molar-refractivity contribution in [2.45, 2.75) is 26.5 Å². The van der Waals surface area contributed by atoms with Crippen molar-refractivity contribution >= 4 is 0 Å². The molecular weight excluding hydrogens is 257 g/mol.